The maximum absolute atomic E-state index is 6.05. The van der Waals surface area contributed by atoms with Gasteiger partial charge in [-0.2, -0.15) is 0 Å². The molecule has 2 aromatic heterocycles. The number of nitrogens with zero attached hydrogens (tertiary/aromatic N) is 2. The van der Waals surface area contributed by atoms with Gasteiger partial charge in [-0.1, -0.05) is 23.8 Å². The molecule has 0 aliphatic carbocycles. The van der Waals surface area contributed by atoms with Gasteiger partial charge in [-0.05, 0) is 18.2 Å². The largest absolute Gasteiger partial charge is 0.378 e. The van der Waals surface area contributed by atoms with E-state index >= 15 is 0 Å². The van der Waals surface area contributed by atoms with Gasteiger partial charge >= 0.3 is 0 Å². The fraction of sp³-hybridized carbons (Fsp3) is 0.182. The molecule has 2 heterocycles. The molecular formula is C11H10ClN3OS. The molecule has 4 nitrogen and oxygen atoms in total. The van der Waals surface area contributed by atoms with Crippen LogP contribution < -0.4 is 0 Å². The Labute approximate surface area is 109 Å². The van der Waals surface area contributed by atoms with Crippen molar-refractivity contribution in [2.45, 2.75) is 6.61 Å². The van der Waals surface area contributed by atoms with Gasteiger partial charge in [-0.3, -0.25) is 4.98 Å². The SMILES string of the molecule is COCc1cc(=S)nc(-c2ncccc2Cl)[nH]1. The smallest absolute Gasteiger partial charge is 0.159 e. The van der Waals surface area contributed by atoms with Crippen LogP contribution >= 0.6 is 23.8 Å². The third kappa shape index (κ3) is 2.88. The van der Waals surface area contributed by atoms with Crippen molar-refractivity contribution in [2.75, 3.05) is 7.11 Å². The monoisotopic (exact) mass is 267 g/mol. The summed E-state index contributed by atoms with van der Waals surface area (Å²) in [6.07, 6.45) is 1.66. The molecule has 0 unspecified atom stereocenters. The first-order valence-electron chi connectivity index (χ1n) is 4.91. The molecule has 2 aromatic rings. The molecule has 2 rings (SSSR count). The van der Waals surface area contributed by atoms with Crippen molar-refractivity contribution in [1.29, 1.82) is 0 Å². The highest BCUT2D eigenvalue weighted by atomic mass is 35.5. The molecule has 0 fully saturated rings. The van der Waals surface area contributed by atoms with Crippen LogP contribution in [0.3, 0.4) is 0 Å². The summed E-state index contributed by atoms with van der Waals surface area (Å²) in [6, 6.07) is 5.27. The van der Waals surface area contributed by atoms with E-state index in [0.29, 0.717) is 27.8 Å². The van der Waals surface area contributed by atoms with E-state index in [1.54, 1.807) is 31.5 Å². The first-order valence-corrected chi connectivity index (χ1v) is 5.69. The standard InChI is InChI=1S/C11H10ClN3OS/c1-16-6-7-5-9(17)15-11(14-7)10-8(12)3-2-4-13-10/h2-5H,6H2,1H3,(H,14,15,17). The number of ether oxygens (including phenoxy) is 1. The van der Waals surface area contributed by atoms with Crippen molar-refractivity contribution in [3.8, 4) is 11.5 Å². The summed E-state index contributed by atoms with van der Waals surface area (Å²) in [5.74, 6) is 0.551. The van der Waals surface area contributed by atoms with Crippen LogP contribution in [-0.2, 0) is 11.3 Å². The highest BCUT2D eigenvalue weighted by molar-refractivity contribution is 7.71. The fourth-order valence-electron chi connectivity index (χ4n) is 1.41. The Kier molecular flexibility index (Phi) is 3.83. The highest BCUT2D eigenvalue weighted by Crippen LogP contribution is 2.21. The van der Waals surface area contributed by atoms with Crippen molar-refractivity contribution in [1.82, 2.24) is 15.0 Å². The molecule has 6 heteroatoms. The minimum atomic E-state index is 0.434. The van der Waals surface area contributed by atoms with Gasteiger partial charge in [0.15, 0.2) is 5.82 Å². The molecule has 88 valence electrons. The number of rotatable bonds is 3. The van der Waals surface area contributed by atoms with Gasteiger partial charge in [-0.15, -0.1) is 0 Å². The van der Waals surface area contributed by atoms with E-state index < -0.39 is 0 Å². The maximum Gasteiger partial charge on any atom is 0.159 e. The molecule has 0 amide bonds. The second-order valence-electron chi connectivity index (χ2n) is 3.36. The Morgan fingerprint density at radius 2 is 2.35 bits per heavy atom. The molecule has 0 saturated heterocycles. The number of halogens is 1. The molecule has 0 radical (unpaired) electrons. The maximum atomic E-state index is 6.05. The summed E-state index contributed by atoms with van der Waals surface area (Å²) in [6.45, 7) is 0.434. The van der Waals surface area contributed by atoms with Gasteiger partial charge in [0.25, 0.3) is 0 Å². The van der Waals surface area contributed by atoms with E-state index in [1.165, 1.54) is 0 Å². The summed E-state index contributed by atoms with van der Waals surface area (Å²) < 4.78 is 5.52. The molecule has 1 N–H and O–H groups in total. The van der Waals surface area contributed by atoms with Crippen molar-refractivity contribution < 1.29 is 4.74 Å². The predicted octanol–water partition coefficient (Wildman–Crippen LogP) is 3.00. The molecule has 0 spiro atoms. The number of methoxy groups -OCH3 is 1. The zero-order chi connectivity index (χ0) is 12.3. The highest BCUT2D eigenvalue weighted by Gasteiger charge is 2.07. The molecular weight excluding hydrogens is 258 g/mol. The number of pyridine rings is 1. The zero-order valence-corrected chi connectivity index (χ0v) is 10.7. The van der Waals surface area contributed by atoms with Gasteiger partial charge in [0.1, 0.15) is 10.3 Å². The number of H-pyrrole nitrogens is 1. The van der Waals surface area contributed by atoms with Crippen molar-refractivity contribution in [3.05, 3.63) is 39.8 Å². The van der Waals surface area contributed by atoms with E-state index in [4.69, 9.17) is 28.6 Å². The average Bonchev–Trinajstić information content (AvgIpc) is 2.29. The van der Waals surface area contributed by atoms with Crippen LogP contribution in [-0.4, -0.2) is 22.1 Å². The number of nitrogens with one attached hydrogen (secondary N) is 1. The van der Waals surface area contributed by atoms with Gasteiger partial charge in [0.05, 0.1) is 11.6 Å². The third-order valence-electron chi connectivity index (χ3n) is 2.08. The van der Waals surface area contributed by atoms with Crippen LogP contribution in [0, 0.1) is 4.64 Å². The number of aromatic nitrogens is 3. The molecule has 0 atom stereocenters. The molecule has 0 aliphatic heterocycles. The first kappa shape index (κ1) is 12.2. The Bertz CT molecular complexity index is 585. The van der Waals surface area contributed by atoms with E-state index in [-0.39, 0.29) is 0 Å². The second kappa shape index (κ2) is 5.35. The quantitative estimate of drug-likeness (QED) is 0.869. The minimum absolute atomic E-state index is 0.434. The summed E-state index contributed by atoms with van der Waals surface area (Å²) in [5, 5.41) is 0.528. The Hall–Kier alpha value is -1.30. The second-order valence-corrected chi connectivity index (χ2v) is 4.19. The molecule has 0 aliphatic rings. The molecule has 0 saturated carbocycles. The van der Waals surface area contributed by atoms with Crippen LogP contribution in [0.4, 0.5) is 0 Å². The van der Waals surface area contributed by atoms with Crippen molar-refractivity contribution >= 4 is 23.8 Å². The Morgan fingerprint density at radius 3 is 3.06 bits per heavy atom. The summed E-state index contributed by atoms with van der Waals surface area (Å²) in [4.78, 5) is 11.5. The lowest BCUT2D eigenvalue weighted by molar-refractivity contribution is 0.181. The normalized spacial score (nSPS) is 10.5. The van der Waals surface area contributed by atoms with Gasteiger partial charge in [0, 0.05) is 19.0 Å². The molecule has 0 aromatic carbocycles. The van der Waals surface area contributed by atoms with Gasteiger partial charge in [-0.25, -0.2) is 4.98 Å². The Morgan fingerprint density at radius 1 is 1.53 bits per heavy atom. The van der Waals surface area contributed by atoms with Crippen LogP contribution in [0.5, 0.6) is 0 Å². The van der Waals surface area contributed by atoms with E-state index in [2.05, 4.69) is 15.0 Å². The lowest BCUT2D eigenvalue weighted by atomic mass is 10.3. The summed E-state index contributed by atoms with van der Waals surface area (Å²) in [7, 11) is 1.62. The Balaban J connectivity index is 2.52. The van der Waals surface area contributed by atoms with Crippen LogP contribution in [0.25, 0.3) is 11.5 Å². The van der Waals surface area contributed by atoms with Crippen molar-refractivity contribution in [2.24, 2.45) is 0 Å². The third-order valence-corrected chi connectivity index (χ3v) is 2.60. The van der Waals surface area contributed by atoms with E-state index in [0.717, 1.165) is 5.69 Å². The zero-order valence-electron chi connectivity index (χ0n) is 9.11. The summed E-state index contributed by atoms with van der Waals surface area (Å²) >= 11 is 11.1. The van der Waals surface area contributed by atoms with Crippen LogP contribution in [0.15, 0.2) is 24.4 Å². The van der Waals surface area contributed by atoms with Crippen LogP contribution in [0.2, 0.25) is 5.02 Å². The predicted molar refractivity (Wildman–Crippen MR) is 68.4 cm³/mol. The average molecular weight is 268 g/mol. The number of hydrogen-bond acceptors (Lipinski definition) is 4. The van der Waals surface area contributed by atoms with E-state index in [9.17, 15) is 0 Å². The van der Waals surface area contributed by atoms with Gasteiger partial charge < -0.3 is 9.72 Å². The number of hydrogen-bond donors (Lipinski definition) is 1. The summed E-state index contributed by atoms with van der Waals surface area (Å²) in [5.41, 5.74) is 1.42. The lowest BCUT2D eigenvalue weighted by Gasteiger charge is -2.05. The number of aromatic amines is 1. The molecule has 17 heavy (non-hydrogen) atoms. The minimum Gasteiger partial charge on any atom is -0.378 e. The fourth-order valence-corrected chi connectivity index (χ4v) is 1.86. The first-order chi connectivity index (χ1) is 8.20. The van der Waals surface area contributed by atoms with Gasteiger partial charge in [0.2, 0.25) is 0 Å². The van der Waals surface area contributed by atoms with Crippen molar-refractivity contribution in [3.63, 3.8) is 0 Å². The van der Waals surface area contributed by atoms with E-state index in [1.807, 2.05) is 0 Å². The molecule has 0 bridgehead atoms. The van der Waals surface area contributed by atoms with Crippen LogP contribution in [0.1, 0.15) is 5.69 Å². The lowest BCUT2D eigenvalue weighted by Crippen LogP contribution is -1.99. The topological polar surface area (TPSA) is 50.8 Å².